The number of para-hydroxylation sites is 2. The van der Waals surface area contributed by atoms with Crippen LogP contribution >= 0.6 is 22.7 Å². The van der Waals surface area contributed by atoms with Crippen molar-refractivity contribution in [3.8, 4) is 55.9 Å². The minimum Gasteiger partial charge on any atom is -0.310 e. The van der Waals surface area contributed by atoms with Crippen LogP contribution in [0.4, 0.5) is 34.1 Å². The SMILES string of the molecule is CC(C)(C)c1cc(-c2ccccc2)c(N2c3cc(-n4c5ccccc5c5c6ccccc6sc54)ccc3B3c4ccc(-n5c6ccccc6c6c7ccccc7sc65)cc4N(c4c(-c5ccccc5)cc(C(C)(C)C)cc4-c4ccccc4)c4cc(C(C)(C)C)cc2c43)c(-c2ccccc2)c1. The van der Waals surface area contributed by atoms with E-state index in [0.29, 0.717) is 0 Å². The van der Waals surface area contributed by atoms with E-state index in [1.165, 1.54) is 151 Å². The first-order chi connectivity index (χ1) is 49.0. The van der Waals surface area contributed by atoms with Gasteiger partial charge in [-0.15, -0.1) is 22.7 Å². The van der Waals surface area contributed by atoms with Crippen LogP contribution in [-0.4, -0.2) is 15.8 Å². The second-order valence-corrected chi connectivity index (χ2v) is 32.9. The lowest BCUT2D eigenvalue weighted by Crippen LogP contribution is -2.61. The fourth-order valence-corrected chi connectivity index (χ4v) is 19.0. The summed E-state index contributed by atoms with van der Waals surface area (Å²) in [7, 11) is 0. The molecule has 0 spiro atoms. The van der Waals surface area contributed by atoms with Crippen molar-refractivity contribution in [2.24, 2.45) is 0 Å². The Morgan fingerprint density at radius 2 is 0.594 bits per heavy atom. The Bertz CT molecular complexity index is 5720. The fourth-order valence-electron chi connectivity index (χ4n) is 16.5. The third kappa shape index (κ3) is 9.60. The lowest BCUT2D eigenvalue weighted by Gasteiger charge is -2.47. The average Bonchev–Trinajstić information content (AvgIpc) is 1.05. The number of fused-ring (bicyclic) bond motifs is 14. The van der Waals surface area contributed by atoms with E-state index in [9.17, 15) is 0 Å². The van der Waals surface area contributed by atoms with Crippen LogP contribution in [0.3, 0.4) is 0 Å². The first-order valence-corrected chi connectivity index (χ1v) is 37.1. The highest BCUT2D eigenvalue weighted by molar-refractivity contribution is 7.26. The van der Waals surface area contributed by atoms with Gasteiger partial charge >= 0.3 is 0 Å². The highest BCUT2D eigenvalue weighted by Gasteiger charge is 2.47. The summed E-state index contributed by atoms with van der Waals surface area (Å²) in [5, 5.41) is 7.71. The minimum absolute atomic E-state index is 0.186. The predicted molar refractivity (Wildman–Crippen MR) is 438 cm³/mol. The summed E-state index contributed by atoms with van der Waals surface area (Å²) in [5.74, 6) is 0. The molecule has 2 aliphatic heterocycles. The summed E-state index contributed by atoms with van der Waals surface area (Å²) < 4.78 is 7.70. The van der Waals surface area contributed by atoms with Gasteiger partial charge in [0, 0.05) is 98.1 Å². The quantitative estimate of drug-likeness (QED) is 0.141. The average molecular weight is 1340 g/mol. The van der Waals surface area contributed by atoms with Crippen LogP contribution in [0.2, 0.25) is 0 Å². The van der Waals surface area contributed by atoms with Crippen molar-refractivity contribution < 1.29 is 0 Å². The normalized spacial score (nSPS) is 13.1. The molecule has 2 aliphatic rings. The summed E-state index contributed by atoms with van der Waals surface area (Å²) in [6.07, 6.45) is 0. The lowest BCUT2D eigenvalue weighted by molar-refractivity contribution is 0.590. The van der Waals surface area contributed by atoms with E-state index in [1.807, 2.05) is 22.7 Å². The summed E-state index contributed by atoms with van der Waals surface area (Å²) in [4.78, 5) is 7.98. The molecule has 0 N–H and O–H groups in total. The van der Waals surface area contributed by atoms with Crippen molar-refractivity contribution in [3.05, 3.63) is 308 Å². The zero-order valence-corrected chi connectivity index (χ0v) is 60.0. The molecule has 0 fully saturated rings. The van der Waals surface area contributed by atoms with Crippen LogP contribution in [-0.2, 0) is 16.2 Å². The van der Waals surface area contributed by atoms with Crippen LogP contribution in [0.15, 0.2) is 291 Å². The molecule has 13 aromatic carbocycles. The van der Waals surface area contributed by atoms with Crippen LogP contribution in [0.1, 0.15) is 79.0 Å². The number of rotatable bonds is 8. The van der Waals surface area contributed by atoms with E-state index in [-0.39, 0.29) is 23.0 Å². The van der Waals surface area contributed by atoms with Gasteiger partial charge in [-0.3, -0.25) is 0 Å². The van der Waals surface area contributed by atoms with Crippen molar-refractivity contribution in [1.82, 2.24) is 9.13 Å². The van der Waals surface area contributed by atoms with Gasteiger partial charge in [0.15, 0.2) is 0 Å². The minimum atomic E-state index is -0.322. The van der Waals surface area contributed by atoms with Crippen LogP contribution < -0.4 is 26.2 Å². The van der Waals surface area contributed by atoms with Gasteiger partial charge < -0.3 is 18.9 Å². The molecule has 0 unspecified atom stereocenters. The molecule has 6 heterocycles. The largest absolute Gasteiger partial charge is 0.310 e. The molecule has 0 radical (unpaired) electrons. The fraction of sp³-hybridized carbons (Fsp3) is 0.128. The molecule has 0 amide bonds. The second kappa shape index (κ2) is 22.8. The van der Waals surface area contributed by atoms with Gasteiger partial charge in [-0.05, 0) is 157 Å². The number of nitrogens with zero attached hydrogens (tertiary/aromatic N) is 4. The van der Waals surface area contributed by atoms with E-state index >= 15 is 0 Å². The van der Waals surface area contributed by atoms with Gasteiger partial charge in [0.05, 0.1) is 22.4 Å². The molecule has 7 heteroatoms. The monoisotopic (exact) mass is 1330 g/mol. The number of anilines is 6. The standard InChI is InChI=1S/C94H75BN4S2/c1-92(2,3)62-50-71(58-30-14-10-15-31-58)88(72(51-62)59-32-16-11-17-33-59)98-79-56-65(96-77-42-26-22-38-67(77)85-69-40-24-28-44-83(69)100-90(85)96)46-48-75(79)95-76-49-47-66(97-78-43-27-23-39-68(78)86-70-41-25-29-45-84(70)101-91(86)97)57-80(76)99(82-55-64(94(7,8)9)54-81(98)87(82)95)89-73(60-34-18-12-19-35-60)52-63(93(4,5)6)53-74(89)61-36-20-13-21-37-61/h10-57H,1-9H3. The molecule has 4 nitrogen and oxygen atoms in total. The number of aromatic nitrogens is 2. The Balaban J connectivity index is 1.00. The Labute approximate surface area is 599 Å². The first-order valence-electron chi connectivity index (χ1n) is 35.5. The molecule has 0 atom stereocenters. The molecule has 19 rings (SSSR count). The summed E-state index contributed by atoms with van der Waals surface area (Å²) in [5.41, 5.74) is 27.8. The zero-order chi connectivity index (χ0) is 68.4. The Morgan fingerprint density at radius 1 is 0.287 bits per heavy atom. The molecule has 0 saturated carbocycles. The van der Waals surface area contributed by atoms with Gasteiger partial charge in [0.25, 0.3) is 6.71 Å². The van der Waals surface area contributed by atoms with Crippen LogP contribution in [0.5, 0.6) is 0 Å². The molecule has 101 heavy (non-hydrogen) atoms. The highest BCUT2D eigenvalue weighted by Crippen LogP contribution is 2.56. The van der Waals surface area contributed by atoms with E-state index in [4.69, 9.17) is 0 Å². The molecular weight excluding hydrogens is 1260 g/mol. The maximum atomic E-state index is 2.74. The Kier molecular flexibility index (Phi) is 13.8. The van der Waals surface area contributed by atoms with Crippen molar-refractivity contribution in [2.45, 2.75) is 78.6 Å². The molecule has 17 aromatic rings. The topological polar surface area (TPSA) is 16.3 Å². The number of hydrogen-bond donors (Lipinski definition) is 0. The Hall–Kier alpha value is -11.0. The van der Waals surface area contributed by atoms with Gasteiger partial charge in [-0.1, -0.05) is 269 Å². The van der Waals surface area contributed by atoms with Crippen molar-refractivity contribution in [2.75, 3.05) is 9.80 Å². The van der Waals surface area contributed by atoms with Gasteiger partial charge in [-0.25, -0.2) is 0 Å². The smallest absolute Gasteiger partial charge is 0.252 e. The predicted octanol–water partition coefficient (Wildman–Crippen LogP) is 25.0. The Morgan fingerprint density at radius 3 is 0.941 bits per heavy atom. The van der Waals surface area contributed by atoms with E-state index < -0.39 is 0 Å². The molecule has 4 aromatic heterocycles. The van der Waals surface area contributed by atoms with E-state index in [1.54, 1.807) is 0 Å². The summed E-state index contributed by atoms with van der Waals surface area (Å²) in [6.45, 7) is 21.2. The number of thiophene rings is 2. The lowest BCUT2D eigenvalue weighted by atomic mass is 9.33. The molecule has 0 saturated heterocycles. The van der Waals surface area contributed by atoms with Gasteiger partial charge in [0.1, 0.15) is 9.66 Å². The molecule has 0 bridgehead atoms. The first kappa shape index (κ1) is 61.2. The summed E-state index contributed by atoms with van der Waals surface area (Å²) >= 11 is 3.78. The maximum absolute atomic E-state index is 2.74. The van der Waals surface area contributed by atoms with Crippen LogP contribution in [0.25, 0.3) is 118 Å². The van der Waals surface area contributed by atoms with Gasteiger partial charge in [-0.2, -0.15) is 0 Å². The number of benzene rings is 13. The molecule has 0 aliphatic carbocycles. The third-order valence-corrected chi connectivity index (χ3v) is 23.9. The van der Waals surface area contributed by atoms with E-state index in [0.717, 1.165) is 34.1 Å². The van der Waals surface area contributed by atoms with Crippen molar-refractivity contribution in [3.63, 3.8) is 0 Å². The molecular formula is C94H75BN4S2. The van der Waals surface area contributed by atoms with Crippen LogP contribution in [0, 0.1) is 0 Å². The van der Waals surface area contributed by atoms with Crippen molar-refractivity contribution >= 4 is 142 Å². The number of hydrogen-bond acceptors (Lipinski definition) is 4. The van der Waals surface area contributed by atoms with Crippen molar-refractivity contribution in [1.29, 1.82) is 0 Å². The van der Waals surface area contributed by atoms with Gasteiger partial charge in [0.2, 0.25) is 0 Å². The zero-order valence-electron chi connectivity index (χ0n) is 58.4. The highest BCUT2D eigenvalue weighted by atomic mass is 32.1. The summed E-state index contributed by atoms with van der Waals surface area (Å²) in [6, 6.07) is 111. The molecule has 486 valence electrons. The van der Waals surface area contributed by atoms with E-state index in [2.05, 4.69) is 372 Å². The third-order valence-electron chi connectivity index (χ3n) is 21.5. The second-order valence-electron chi connectivity index (χ2n) is 30.8. The maximum Gasteiger partial charge on any atom is 0.252 e.